The molecule has 1 fully saturated rings. The number of pyridine rings is 2. The van der Waals surface area contributed by atoms with Crippen LogP contribution in [0.1, 0.15) is 29.2 Å². The molecule has 1 aliphatic heterocycles. The van der Waals surface area contributed by atoms with E-state index in [0.717, 1.165) is 28.5 Å². The lowest BCUT2D eigenvalue weighted by Crippen LogP contribution is -2.30. The molecule has 1 aromatic carbocycles. The quantitative estimate of drug-likeness (QED) is 0.446. The SMILES string of the molecule is COc1ccc(-n2cccc2[C@@H]2[C@H](c3ccccn3)NC(=S)N2Cc2ccccn2)cc1. The summed E-state index contributed by atoms with van der Waals surface area (Å²) >= 11 is 5.79. The number of hydrogen-bond acceptors (Lipinski definition) is 4. The Hall–Kier alpha value is -3.71. The normalized spacial score (nSPS) is 17.9. The minimum absolute atomic E-state index is 0.0588. The molecule has 1 saturated heterocycles. The number of nitrogens with zero attached hydrogens (tertiary/aromatic N) is 4. The second-order valence-electron chi connectivity index (χ2n) is 7.58. The molecule has 160 valence electrons. The molecule has 0 amide bonds. The van der Waals surface area contributed by atoms with Crippen LogP contribution in [0.25, 0.3) is 5.69 Å². The zero-order valence-electron chi connectivity index (χ0n) is 17.6. The van der Waals surface area contributed by atoms with Crippen molar-refractivity contribution in [3.63, 3.8) is 0 Å². The Labute approximate surface area is 192 Å². The average Bonchev–Trinajstić information content (AvgIpc) is 3.45. The van der Waals surface area contributed by atoms with E-state index in [0.29, 0.717) is 11.7 Å². The Balaban J connectivity index is 1.58. The Morgan fingerprint density at radius 3 is 2.41 bits per heavy atom. The van der Waals surface area contributed by atoms with E-state index in [1.54, 1.807) is 7.11 Å². The number of thiocarbonyl (C=S) groups is 1. The fourth-order valence-electron chi connectivity index (χ4n) is 4.18. The van der Waals surface area contributed by atoms with Crippen molar-refractivity contribution in [2.45, 2.75) is 18.6 Å². The summed E-state index contributed by atoms with van der Waals surface area (Å²) in [6.07, 6.45) is 5.71. The molecule has 1 aliphatic rings. The minimum atomic E-state index is -0.0840. The lowest BCUT2D eigenvalue weighted by Gasteiger charge is -2.28. The fourth-order valence-corrected chi connectivity index (χ4v) is 4.48. The van der Waals surface area contributed by atoms with Gasteiger partial charge in [0.05, 0.1) is 37.1 Å². The third-order valence-corrected chi connectivity index (χ3v) is 6.04. The van der Waals surface area contributed by atoms with E-state index < -0.39 is 0 Å². The molecular weight excluding hydrogens is 418 g/mol. The molecule has 2 atom stereocenters. The van der Waals surface area contributed by atoms with Crippen LogP contribution in [0.3, 0.4) is 0 Å². The van der Waals surface area contributed by atoms with Crippen LogP contribution in [0.15, 0.2) is 91.4 Å². The predicted octanol–water partition coefficient (Wildman–Crippen LogP) is 4.45. The first-order chi connectivity index (χ1) is 15.7. The van der Waals surface area contributed by atoms with E-state index in [1.165, 1.54) is 0 Å². The summed E-state index contributed by atoms with van der Waals surface area (Å²) < 4.78 is 7.52. The summed E-state index contributed by atoms with van der Waals surface area (Å²) in [5.41, 5.74) is 4.09. The van der Waals surface area contributed by atoms with Gasteiger partial charge in [-0.25, -0.2) is 0 Å². The second kappa shape index (κ2) is 8.80. The summed E-state index contributed by atoms with van der Waals surface area (Å²) in [6, 6.07) is 24.0. The smallest absolute Gasteiger partial charge is 0.170 e. The van der Waals surface area contributed by atoms with Gasteiger partial charge in [-0.1, -0.05) is 12.1 Å². The molecule has 3 aromatic heterocycles. The van der Waals surface area contributed by atoms with Crippen molar-refractivity contribution in [2.24, 2.45) is 0 Å². The Kier molecular flexibility index (Phi) is 5.56. The highest BCUT2D eigenvalue weighted by Crippen LogP contribution is 2.40. The number of nitrogens with one attached hydrogen (secondary N) is 1. The number of aromatic nitrogens is 3. The highest BCUT2D eigenvalue weighted by atomic mass is 32.1. The summed E-state index contributed by atoms with van der Waals surface area (Å²) in [5, 5.41) is 4.20. The maximum Gasteiger partial charge on any atom is 0.170 e. The monoisotopic (exact) mass is 441 g/mol. The van der Waals surface area contributed by atoms with Gasteiger partial charge in [-0.15, -0.1) is 0 Å². The topological polar surface area (TPSA) is 55.2 Å². The van der Waals surface area contributed by atoms with Crippen LogP contribution >= 0.6 is 12.2 Å². The number of rotatable bonds is 6. The second-order valence-corrected chi connectivity index (χ2v) is 7.96. The number of methoxy groups -OCH3 is 1. The van der Waals surface area contributed by atoms with Gasteiger partial charge in [-0.3, -0.25) is 9.97 Å². The average molecular weight is 442 g/mol. The van der Waals surface area contributed by atoms with Gasteiger partial charge in [-0.2, -0.15) is 0 Å². The van der Waals surface area contributed by atoms with Crippen LogP contribution in [0.4, 0.5) is 0 Å². The standard InChI is InChI=1S/C25H23N5OS/c1-31-20-12-10-19(11-13-20)29-16-6-9-22(29)24-23(21-8-3-5-15-27-21)28-25(32)30(24)17-18-7-2-4-14-26-18/h2-16,23-24H,17H2,1H3,(H,28,32)/t23-,24+/m0/s1. The van der Waals surface area contributed by atoms with Crippen molar-refractivity contribution >= 4 is 17.3 Å². The van der Waals surface area contributed by atoms with Gasteiger partial charge in [0.1, 0.15) is 5.75 Å². The van der Waals surface area contributed by atoms with E-state index >= 15 is 0 Å². The fraction of sp³-hybridized carbons (Fsp3) is 0.160. The van der Waals surface area contributed by atoms with Crippen LogP contribution in [-0.2, 0) is 6.54 Å². The van der Waals surface area contributed by atoms with E-state index in [4.69, 9.17) is 17.0 Å². The molecule has 4 aromatic rings. The molecule has 7 heteroatoms. The van der Waals surface area contributed by atoms with Crippen molar-refractivity contribution in [3.05, 3.63) is 108 Å². The van der Waals surface area contributed by atoms with Gasteiger partial charge in [-0.05, 0) is 72.9 Å². The first-order valence-electron chi connectivity index (χ1n) is 10.4. The van der Waals surface area contributed by atoms with Gasteiger partial charge in [0.2, 0.25) is 0 Å². The summed E-state index contributed by atoms with van der Waals surface area (Å²) in [4.78, 5) is 11.4. The zero-order valence-corrected chi connectivity index (χ0v) is 18.4. The molecule has 0 radical (unpaired) electrons. The van der Waals surface area contributed by atoms with Crippen LogP contribution < -0.4 is 10.1 Å². The van der Waals surface area contributed by atoms with Crippen molar-refractivity contribution in [1.29, 1.82) is 0 Å². The molecule has 1 N–H and O–H groups in total. The van der Waals surface area contributed by atoms with E-state index in [2.05, 4.69) is 55.2 Å². The maximum atomic E-state index is 5.79. The van der Waals surface area contributed by atoms with Gasteiger partial charge in [0.25, 0.3) is 0 Å². The molecule has 0 spiro atoms. The Morgan fingerprint density at radius 2 is 1.72 bits per heavy atom. The van der Waals surface area contributed by atoms with Crippen molar-refractivity contribution in [1.82, 2.24) is 24.8 Å². The molecular formula is C25H23N5OS. The number of hydrogen-bond donors (Lipinski definition) is 1. The Bertz CT molecular complexity index is 1190. The lowest BCUT2D eigenvalue weighted by molar-refractivity contribution is 0.299. The lowest BCUT2D eigenvalue weighted by atomic mass is 10.0. The third-order valence-electron chi connectivity index (χ3n) is 5.69. The van der Waals surface area contributed by atoms with Gasteiger partial charge in [0.15, 0.2) is 5.11 Å². The van der Waals surface area contributed by atoms with Crippen molar-refractivity contribution in [3.8, 4) is 11.4 Å². The molecule has 0 aliphatic carbocycles. The van der Waals surface area contributed by atoms with E-state index in [1.807, 2.05) is 60.9 Å². The van der Waals surface area contributed by atoms with E-state index in [9.17, 15) is 0 Å². The van der Waals surface area contributed by atoms with Crippen LogP contribution in [0.2, 0.25) is 0 Å². The molecule has 6 nitrogen and oxygen atoms in total. The predicted molar refractivity (Wildman–Crippen MR) is 128 cm³/mol. The highest BCUT2D eigenvalue weighted by molar-refractivity contribution is 7.80. The van der Waals surface area contributed by atoms with Gasteiger partial charge in [0, 0.05) is 30.0 Å². The minimum Gasteiger partial charge on any atom is -0.497 e. The molecule has 4 heterocycles. The van der Waals surface area contributed by atoms with E-state index in [-0.39, 0.29) is 12.1 Å². The Morgan fingerprint density at radius 1 is 0.938 bits per heavy atom. The molecule has 5 rings (SSSR count). The summed E-state index contributed by atoms with van der Waals surface area (Å²) in [5.74, 6) is 0.828. The highest BCUT2D eigenvalue weighted by Gasteiger charge is 2.41. The molecule has 0 saturated carbocycles. The summed E-state index contributed by atoms with van der Waals surface area (Å²) in [6.45, 7) is 0.606. The largest absolute Gasteiger partial charge is 0.497 e. The number of ether oxygens (including phenoxy) is 1. The number of benzene rings is 1. The molecule has 0 bridgehead atoms. The maximum absolute atomic E-state index is 5.79. The van der Waals surface area contributed by atoms with Gasteiger partial charge >= 0.3 is 0 Å². The first kappa shape index (κ1) is 20.2. The molecule has 0 unspecified atom stereocenters. The van der Waals surface area contributed by atoms with Crippen molar-refractivity contribution < 1.29 is 4.74 Å². The van der Waals surface area contributed by atoms with Crippen LogP contribution in [0, 0.1) is 0 Å². The third kappa shape index (κ3) is 3.83. The summed E-state index contributed by atoms with van der Waals surface area (Å²) in [7, 11) is 1.67. The zero-order chi connectivity index (χ0) is 21.9. The van der Waals surface area contributed by atoms with Gasteiger partial charge < -0.3 is 19.5 Å². The van der Waals surface area contributed by atoms with Crippen LogP contribution in [-0.4, -0.2) is 31.7 Å². The van der Waals surface area contributed by atoms with Crippen LogP contribution in [0.5, 0.6) is 5.75 Å². The first-order valence-corrected chi connectivity index (χ1v) is 10.8. The van der Waals surface area contributed by atoms with Crippen molar-refractivity contribution in [2.75, 3.05) is 7.11 Å². The molecule has 32 heavy (non-hydrogen) atoms.